The lowest BCUT2D eigenvalue weighted by atomic mass is 10.2. The van der Waals surface area contributed by atoms with Crippen LogP contribution in [0.5, 0.6) is 0 Å². The zero-order chi connectivity index (χ0) is 12.3. The smallest absolute Gasteiger partial charge is 0.0992 e. The summed E-state index contributed by atoms with van der Waals surface area (Å²) in [6, 6.07) is 15.7. The van der Waals surface area contributed by atoms with E-state index in [2.05, 4.69) is 31.2 Å². The zero-order valence-corrected chi connectivity index (χ0v) is 10.3. The summed E-state index contributed by atoms with van der Waals surface area (Å²) in [7, 11) is 0. The first-order chi connectivity index (χ1) is 8.19. The monoisotopic (exact) mass is 240 g/mol. The molecule has 0 aliphatic carbocycles. The number of nitrogens with two attached hydrogens (primary N) is 1. The summed E-state index contributed by atoms with van der Waals surface area (Å²) in [5, 5.41) is 8.77. The molecule has 84 valence electrons. The van der Waals surface area contributed by atoms with Gasteiger partial charge in [0, 0.05) is 15.5 Å². The van der Waals surface area contributed by atoms with Crippen molar-refractivity contribution in [2.75, 3.05) is 5.73 Å². The Hall–Kier alpha value is -1.92. The molecule has 0 fully saturated rings. The number of rotatable bonds is 2. The minimum atomic E-state index is 0.594. The van der Waals surface area contributed by atoms with Crippen LogP contribution in [0.3, 0.4) is 0 Å². The molecular formula is C14H12N2S. The number of hydrogen-bond acceptors (Lipinski definition) is 3. The van der Waals surface area contributed by atoms with Crippen LogP contribution in [-0.4, -0.2) is 0 Å². The van der Waals surface area contributed by atoms with Gasteiger partial charge in [-0.3, -0.25) is 0 Å². The van der Waals surface area contributed by atoms with E-state index in [1.54, 1.807) is 23.9 Å². The number of nitrogen functional groups attached to an aromatic ring is 1. The molecule has 0 aliphatic rings. The fourth-order valence-corrected chi connectivity index (χ4v) is 2.47. The van der Waals surface area contributed by atoms with Crippen LogP contribution in [0.1, 0.15) is 11.1 Å². The SMILES string of the molecule is Cc1cccc(Sc2ccc(C#N)cc2N)c1. The van der Waals surface area contributed by atoms with Crippen molar-refractivity contribution < 1.29 is 0 Å². The van der Waals surface area contributed by atoms with E-state index in [4.69, 9.17) is 11.0 Å². The Morgan fingerprint density at radius 3 is 2.65 bits per heavy atom. The maximum atomic E-state index is 8.77. The molecule has 0 bridgehead atoms. The van der Waals surface area contributed by atoms with Crippen molar-refractivity contribution in [3.63, 3.8) is 0 Å². The van der Waals surface area contributed by atoms with Gasteiger partial charge in [0.05, 0.1) is 11.6 Å². The van der Waals surface area contributed by atoms with Crippen LogP contribution >= 0.6 is 11.8 Å². The lowest BCUT2D eigenvalue weighted by Crippen LogP contribution is -1.89. The van der Waals surface area contributed by atoms with Crippen molar-refractivity contribution in [3.05, 3.63) is 53.6 Å². The summed E-state index contributed by atoms with van der Waals surface area (Å²) in [4.78, 5) is 2.14. The minimum Gasteiger partial charge on any atom is -0.398 e. The van der Waals surface area contributed by atoms with E-state index >= 15 is 0 Å². The van der Waals surface area contributed by atoms with E-state index in [9.17, 15) is 0 Å². The zero-order valence-electron chi connectivity index (χ0n) is 9.47. The number of hydrogen-bond donors (Lipinski definition) is 1. The first kappa shape index (κ1) is 11.6. The Balaban J connectivity index is 2.28. The van der Waals surface area contributed by atoms with Crippen molar-refractivity contribution in [2.24, 2.45) is 0 Å². The molecule has 0 radical (unpaired) electrons. The third kappa shape index (κ3) is 2.80. The highest BCUT2D eigenvalue weighted by Gasteiger charge is 2.03. The van der Waals surface area contributed by atoms with Crippen molar-refractivity contribution in [3.8, 4) is 6.07 Å². The Bertz CT molecular complexity index is 585. The average molecular weight is 240 g/mol. The molecule has 0 saturated heterocycles. The normalized spacial score (nSPS) is 9.88. The molecule has 2 rings (SSSR count). The molecule has 0 unspecified atom stereocenters. The van der Waals surface area contributed by atoms with Gasteiger partial charge in [-0.2, -0.15) is 5.26 Å². The van der Waals surface area contributed by atoms with Crippen LogP contribution in [0.4, 0.5) is 5.69 Å². The molecule has 2 N–H and O–H groups in total. The first-order valence-electron chi connectivity index (χ1n) is 5.23. The second kappa shape index (κ2) is 4.94. The van der Waals surface area contributed by atoms with Crippen molar-refractivity contribution in [1.29, 1.82) is 5.26 Å². The minimum absolute atomic E-state index is 0.594. The number of nitrogens with zero attached hydrogens (tertiary/aromatic N) is 1. The van der Waals surface area contributed by atoms with Crippen molar-refractivity contribution >= 4 is 17.4 Å². The molecular weight excluding hydrogens is 228 g/mol. The van der Waals surface area contributed by atoms with Crippen LogP contribution in [-0.2, 0) is 0 Å². The third-order valence-corrected chi connectivity index (χ3v) is 3.44. The van der Waals surface area contributed by atoms with Gasteiger partial charge in [0.25, 0.3) is 0 Å². The molecule has 0 spiro atoms. The predicted molar refractivity (Wildman–Crippen MR) is 70.9 cm³/mol. The van der Waals surface area contributed by atoms with E-state index < -0.39 is 0 Å². The fraction of sp³-hybridized carbons (Fsp3) is 0.0714. The fourth-order valence-electron chi connectivity index (χ4n) is 1.52. The predicted octanol–water partition coefficient (Wildman–Crippen LogP) is 3.60. The molecule has 0 amide bonds. The Labute approximate surface area is 105 Å². The summed E-state index contributed by atoms with van der Waals surface area (Å²) in [5.74, 6) is 0. The largest absolute Gasteiger partial charge is 0.398 e. The van der Waals surface area contributed by atoms with Crippen LogP contribution < -0.4 is 5.73 Å². The standard InChI is InChI=1S/C14H12N2S/c1-10-3-2-4-12(7-10)17-14-6-5-11(9-15)8-13(14)16/h2-8H,16H2,1H3. The van der Waals surface area contributed by atoms with Crippen LogP contribution in [0.15, 0.2) is 52.3 Å². The second-order valence-electron chi connectivity index (χ2n) is 3.78. The molecule has 2 nitrogen and oxygen atoms in total. The summed E-state index contributed by atoms with van der Waals surface area (Å²) in [6.07, 6.45) is 0. The Kier molecular flexibility index (Phi) is 3.36. The first-order valence-corrected chi connectivity index (χ1v) is 6.05. The average Bonchev–Trinajstić information content (AvgIpc) is 2.32. The van der Waals surface area contributed by atoms with E-state index in [0.29, 0.717) is 11.3 Å². The summed E-state index contributed by atoms with van der Waals surface area (Å²) >= 11 is 1.61. The quantitative estimate of drug-likeness (QED) is 0.816. The third-order valence-electron chi connectivity index (χ3n) is 2.36. The molecule has 0 atom stereocenters. The Morgan fingerprint density at radius 1 is 1.18 bits per heavy atom. The number of benzene rings is 2. The second-order valence-corrected chi connectivity index (χ2v) is 4.90. The highest BCUT2D eigenvalue weighted by atomic mass is 32.2. The van der Waals surface area contributed by atoms with E-state index in [-0.39, 0.29) is 0 Å². The lowest BCUT2D eigenvalue weighted by Gasteiger charge is -2.06. The van der Waals surface area contributed by atoms with Gasteiger partial charge in [0.15, 0.2) is 0 Å². The van der Waals surface area contributed by atoms with Gasteiger partial charge in [-0.15, -0.1) is 0 Å². The molecule has 0 aromatic heterocycles. The highest BCUT2D eigenvalue weighted by molar-refractivity contribution is 7.99. The summed E-state index contributed by atoms with van der Waals surface area (Å²) < 4.78 is 0. The number of anilines is 1. The molecule has 0 saturated carbocycles. The van der Waals surface area contributed by atoms with Gasteiger partial charge >= 0.3 is 0 Å². The van der Waals surface area contributed by atoms with Gasteiger partial charge in [-0.05, 0) is 37.3 Å². The summed E-state index contributed by atoms with van der Waals surface area (Å²) in [6.45, 7) is 2.06. The number of nitriles is 1. The Morgan fingerprint density at radius 2 is 2.00 bits per heavy atom. The van der Waals surface area contributed by atoms with Crippen LogP contribution in [0.25, 0.3) is 0 Å². The van der Waals surface area contributed by atoms with E-state index in [1.807, 2.05) is 12.1 Å². The van der Waals surface area contributed by atoms with Crippen molar-refractivity contribution in [1.82, 2.24) is 0 Å². The van der Waals surface area contributed by atoms with Gasteiger partial charge in [-0.25, -0.2) is 0 Å². The molecule has 3 heteroatoms. The molecule has 17 heavy (non-hydrogen) atoms. The maximum absolute atomic E-state index is 8.77. The van der Waals surface area contributed by atoms with E-state index in [1.165, 1.54) is 5.56 Å². The van der Waals surface area contributed by atoms with Crippen LogP contribution in [0.2, 0.25) is 0 Å². The maximum Gasteiger partial charge on any atom is 0.0992 e. The number of aryl methyl sites for hydroxylation is 1. The molecule has 0 heterocycles. The summed E-state index contributed by atoms with van der Waals surface area (Å²) in [5.41, 5.74) is 8.38. The topological polar surface area (TPSA) is 49.8 Å². The highest BCUT2D eigenvalue weighted by Crippen LogP contribution is 2.32. The lowest BCUT2D eigenvalue weighted by molar-refractivity contribution is 1.34. The van der Waals surface area contributed by atoms with Crippen LogP contribution in [0, 0.1) is 18.3 Å². The molecule has 2 aromatic carbocycles. The van der Waals surface area contributed by atoms with Gasteiger partial charge in [0.2, 0.25) is 0 Å². The van der Waals surface area contributed by atoms with Gasteiger partial charge < -0.3 is 5.73 Å². The molecule has 0 aliphatic heterocycles. The van der Waals surface area contributed by atoms with E-state index in [0.717, 1.165) is 9.79 Å². The van der Waals surface area contributed by atoms with Gasteiger partial charge in [-0.1, -0.05) is 29.5 Å². The molecule has 2 aromatic rings. The van der Waals surface area contributed by atoms with Crippen molar-refractivity contribution in [2.45, 2.75) is 16.7 Å². The van der Waals surface area contributed by atoms with Gasteiger partial charge in [0.1, 0.15) is 0 Å².